The molecule has 0 amide bonds. The molecule has 0 saturated carbocycles. The van der Waals surface area contributed by atoms with E-state index in [1.807, 2.05) is 0 Å². The Morgan fingerprint density at radius 1 is 1.13 bits per heavy atom. The molecule has 0 aromatic heterocycles. The fourth-order valence-corrected chi connectivity index (χ4v) is 3.51. The monoisotopic (exact) mass is 296 g/mol. The molecule has 0 aliphatic carbocycles. The quantitative estimate of drug-likeness (QED) is 0.727. The zero-order chi connectivity index (χ0) is 10.7. The third kappa shape index (κ3) is 3.11. The van der Waals surface area contributed by atoms with Crippen LogP contribution in [0.15, 0.2) is 0 Å². The van der Waals surface area contributed by atoms with E-state index < -0.39 is 17.2 Å². The molecular formula is C5H8Cl2O6P2. The van der Waals surface area contributed by atoms with Gasteiger partial charge in [-0.05, 0) is 0 Å². The molecule has 2 bridgehead atoms. The number of rotatable bonds is 5. The summed E-state index contributed by atoms with van der Waals surface area (Å²) in [7, 11) is -2.87. The molecule has 0 unspecified atom stereocenters. The Balaban J connectivity index is 1.82. The lowest BCUT2D eigenvalue weighted by atomic mass is 9.93. The lowest BCUT2D eigenvalue weighted by molar-refractivity contribution is -0.0924. The van der Waals surface area contributed by atoms with Gasteiger partial charge in [-0.3, -0.25) is 0 Å². The van der Waals surface area contributed by atoms with Gasteiger partial charge in [0.15, 0.2) is 0 Å². The van der Waals surface area contributed by atoms with Crippen LogP contribution in [-0.2, 0) is 26.2 Å². The molecule has 3 aliphatic heterocycles. The Morgan fingerprint density at radius 2 is 1.67 bits per heavy atom. The maximum absolute atomic E-state index is 5.28. The van der Waals surface area contributed by atoms with Crippen LogP contribution < -0.4 is 0 Å². The topological polar surface area (TPSA) is 55.4 Å². The van der Waals surface area contributed by atoms with Crippen LogP contribution in [0.2, 0.25) is 0 Å². The van der Waals surface area contributed by atoms with Crippen LogP contribution in [0.25, 0.3) is 0 Å². The molecule has 0 N–H and O–H groups in total. The van der Waals surface area contributed by atoms with Crippen LogP contribution in [0, 0.1) is 5.41 Å². The van der Waals surface area contributed by atoms with Crippen LogP contribution >= 0.6 is 40.9 Å². The van der Waals surface area contributed by atoms with E-state index in [4.69, 9.17) is 41.8 Å². The lowest BCUT2D eigenvalue weighted by Crippen LogP contribution is -2.46. The van der Waals surface area contributed by atoms with E-state index >= 15 is 0 Å². The predicted molar refractivity (Wildman–Crippen MR) is 54.0 cm³/mol. The second-order valence-corrected chi connectivity index (χ2v) is 6.21. The first kappa shape index (κ1) is 12.7. The van der Waals surface area contributed by atoms with Gasteiger partial charge in [0.2, 0.25) is 0 Å². The third-order valence-electron chi connectivity index (χ3n) is 2.02. The molecule has 6 nitrogen and oxygen atoms in total. The number of hydrogen-bond acceptors (Lipinski definition) is 6. The Kier molecular flexibility index (Phi) is 4.80. The summed E-state index contributed by atoms with van der Waals surface area (Å²) in [4.78, 5) is 0. The van der Waals surface area contributed by atoms with E-state index in [1.165, 1.54) is 0 Å². The maximum Gasteiger partial charge on any atom is 0.368 e. The van der Waals surface area contributed by atoms with Gasteiger partial charge in [0.1, 0.15) is 0 Å². The van der Waals surface area contributed by atoms with Crippen LogP contribution in [0.1, 0.15) is 0 Å². The van der Waals surface area contributed by atoms with Crippen molar-refractivity contribution in [1.29, 1.82) is 0 Å². The van der Waals surface area contributed by atoms with Gasteiger partial charge in [0.05, 0.1) is 55.6 Å². The molecule has 88 valence electrons. The highest BCUT2D eigenvalue weighted by molar-refractivity contribution is 7.43. The van der Waals surface area contributed by atoms with E-state index in [-0.39, 0.29) is 5.41 Å². The lowest BCUT2D eigenvalue weighted by Gasteiger charge is -2.43. The van der Waals surface area contributed by atoms with E-state index in [1.54, 1.807) is 0 Å². The normalized spacial score (nSPS) is 35.0. The second kappa shape index (κ2) is 5.69. The minimum absolute atomic E-state index is 0.293. The molecule has 0 aromatic carbocycles. The van der Waals surface area contributed by atoms with Crippen molar-refractivity contribution < 1.29 is 26.2 Å². The van der Waals surface area contributed by atoms with Gasteiger partial charge in [-0.1, -0.05) is 0 Å². The molecule has 3 saturated heterocycles. The third-order valence-corrected chi connectivity index (χ3v) is 4.28. The molecule has 3 rings (SSSR count). The minimum atomic E-state index is -1.73. The SMILES string of the molecule is ClOP(OCl)OCC12COP(OC1)OC2. The van der Waals surface area contributed by atoms with Gasteiger partial charge in [0.25, 0.3) is 0 Å². The average molecular weight is 297 g/mol. The van der Waals surface area contributed by atoms with Gasteiger partial charge in [-0.15, -0.1) is 0 Å². The van der Waals surface area contributed by atoms with Crippen LogP contribution in [0.4, 0.5) is 0 Å². The summed E-state index contributed by atoms with van der Waals surface area (Å²) in [5.41, 5.74) is -0.317. The van der Waals surface area contributed by atoms with E-state index in [2.05, 4.69) is 8.15 Å². The first-order valence-corrected chi connectivity index (χ1v) is 6.78. The molecule has 0 atom stereocenters. The van der Waals surface area contributed by atoms with E-state index in [9.17, 15) is 0 Å². The summed E-state index contributed by atoms with van der Waals surface area (Å²) in [6.07, 6.45) is 0. The zero-order valence-electron chi connectivity index (χ0n) is 7.43. The molecule has 3 aliphatic rings. The first-order valence-electron chi connectivity index (χ1n) is 3.97. The Labute approximate surface area is 99.3 Å². The van der Waals surface area contributed by atoms with Crippen molar-refractivity contribution in [2.45, 2.75) is 0 Å². The number of hydrogen-bond donors (Lipinski definition) is 0. The molecule has 15 heavy (non-hydrogen) atoms. The average Bonchev–Trinajstić information content (AvgIpc) is 2.33. The van der Waals surface area contributed by atoms with Crippen molar-refractivity contribution in [2.75, 3.05) is 26.4 Å². The predicted octanol–water partition coefficient (Wildman–Crippen LogP) is 2.86. The molecule has 0 radical (unpaired) electrons. The van der Waals surface area contributed by atoms with Crippen molar-refractivity contribution in [3.05, 3.63) is 0 Å². The molecule has 0 spiro atoms. The summed E-state index contributed by atoms with van der Waals surface area (Å²) in [5, 5.41) is 0. The summed E-state index contributed by atoms with van der Waals surface area (Å²) < 4.78 is 29.7. The summed E-state index contributed by atoms with van der Waals surface area (Å²) in [6.45, 7) is 1.90. The zero-order valence-corrected chi connectivity index (χ0v) is 10.7. The fraction of sp³-hybridized carbons (Fsp3) is 1.00. The molecular weight excluding hydrogens is 289 g/mol. The Hall–Kier alpha value is 1.20. The number of halogens is 2. The van der Waals surface area contributed by atoms with Gasteiger partial charge >= 0.3 is 17.2 Å². The Morgan fingerprint density at radius 3 is 2.13 bits per heavy atom. The van der Waals surface area contributed by atoms with Crippen molar-refractivity contribution in [1.82, 2.24) is 0 Å². The highest BCUT2D eigenvalue weighted by Gasteiger charge is 2.45. The van der Waals surface area contributed by atoms with Gasteiger partial charge in [-0.2, -0.15) is 8.15 Å². The highest BCUT2D eigenvalue weighted by atomic mass is 35.5. The largest absolute Gasteiger partial charge is 0.368 e. The van der Waals surface area contributed by atoms with Gasteiger partial charge < -0.3 is 18.1 Å². The van der Waals surface area contributed by atoms with Crippen LogP contribution in [0.5, 0.6) is 0 Å². The van der Waals surface area contributed by atoms with Crippen molar-refractivity contribution in [3.63, 3.8) is 0 Å². The van der Waals surface area contributed by atoms with Crippen LogP contribution in [0.3, 0.4) is 0 Å². The maximum atomic E-state index is 5.28. The molecule has 10 heteroatoms. The van der Waals surface area contributed by atoms with E-state index in [0.29, 0.717) is 26.4 Å². The van der Waals surface area contributed by atoms with Crippen LogP contribution in [-0.4, -0.2) is 26.4 Å². The summed E-state index contributed by atoms with van der Waals surface area (Å²) in [6, 6.07) is 0. The molecule has 3 fully saturated rings. The smallest absolute Gasteiger partial charge is 0.311 e. The first-order chi connectivity index (χ1) is 7.28. The molecule has 3 heterocycles. The van der Waals surface area contributed by atoms with Crippen molar-refractivity contribution >= 4 is 40.9 Å². The van der Waals surface area contributed by atoms with Gasteiger partial charge in [-0.25, -0.2) is 0 Å². The van der Waals surface area contributed by atoms with Gasteiger partial charge in [0, 0.05) is 0 Å². The minimum Gasteiger partial charge on any atom is -0.311 e. The number of fused-ring (bicyclic) bond motifs is 3. The highest BCUT2D eigenvalue weighted by Crippen LogP contribution is 2.54. The van der Waals surface area contributed by atoms with Crippen molar-refractivity contribution in [3.8, 4) is 0 Å². The van der Waals surface area contributed by atoms with Crippen molar-refractivity contribution in [2.24, 2.45) is 5.41 Å². The Bertz CT molecular complexity index is 196. The van der Waals surface area contributed by atoms with E-state index in [0.717, 1.165) is 0 Å². The summed E-state index contributed by atoms with van der Waals surface area (Å²) >= 11 is 10.2. The second-order valence-electron chi connectivity index (χ2n) is 3.18. The summed E-state index contributed by atoms with van der Waals surface area (Å²) in [5.74, 6) is 0. The molecule has 0 aromatic rings. The standard InChI is InChI=1S/C5H8Cl2O6P2/c6-12-15(13-7)11-4-5-1-8-14(9-2-5)10-3-5/h1-4H2. The fourth-order valence-electron chi connectivity index (χ4n) is 1.17.